The second-order valence-electron chi connectivity index (χ2n) is 9.29. The highest BCUT2D eigenvalue weighted by Gasteiger charge is 2.54. The van der Waals surface area contributed by atoms with Gasteiger partial charge in [-0.2, -0.15) is 0 Å². The summed E-state index contributed by atoms with van der Waals surface area (Å²) in [5.74, 6) is -0.520. The number of aromatic carboxylic acids is 1. The first-order chi connectivity index (χ1) is 18.4. The number of nitrogens with zero attached hydrogens (tertiary/aromatic N) is 1. The summed E-state index contributed by atoms with van der Waals surface area (Å²) in [7, 11) is 0. The number of hydrogen-bond acceptors (Lipinski definition) is 6. The normalized spacial score (nSPS) is 16.6. The monoisotopic (exact) mass is 506 g/mol. The molecule has 4 aromatic rings. The quantitative estimate of drug-likeness (QED) is 0.287. The molecule has 7 nitrogen and oxygen atoms in total. The molecule has 38 heavy (non-hydrogen) atoms. The zero-order chi connectivity index (χ0) is 26.4. The Bertz CT molecular complexity index is 1580. The maximum Gasteiger partial charge on any atom is 0.340 e. The Hall–Kier alpha value is -4.78. The van der Waals surface area contributed by atoms with Crippen molar-refractivity contribution >= 4 is 29.0 Å². The van der Waals surface area contributed by atoms with Gasteiger partial charge in [0.05, 0.1) is 11.1 Å². The minimum Gasteiger partial charge on any atom is -0.478 e. The maximum atomic E-state index is 13.3. The van der Waals surface area contributed by atoms with Gasteiger partial charge >= 0.3 is 11.9 Å². The van der Waals surface area contributed by atoms with Crippen molar-refractivity contribution in [2.24, 2.45) is 0 Å². The Kier molecular flexibility index (Phi) is 5.56. The molecule has 0 amide bonds. The van der Waals surface area contributed by atoms with Crippen molar-refractivity contribution in [3.05, 3.63) is 113 Å². The number of anilines is 3. The summed E-state index contributed by atoms with van der Waals surface area (Å²) in [5, 5.41) is 12.9. The molecule has 2 aliphatic heterocycles. The average molecular weight is 507 g/mol. The van der Waals surface area contributed by atoms with E-state index in [1.54, 1.807) is 6.07 Å². The first kappa shape index (κ1) is 23.6. The van der Waals surface area contributed by atoms with E-state index in [1.165, 1.54) is 12.1 Å². The summed E-state index contributed by atoms with van der Waals surface area (Å²) >= 11 is 0. The van der Waals surface area contributed by atoms with Gasteiger partial charge in [0, 0.05) is 52.9 Å². The fourth-order valence-electron chi connectivity index (χ4n) is 5.40. The van der Waals surface area contributed by atoms with Crippen LogP contribution >= 0.6 is 0 Å². The lowest BCUT2D eigenvalue weighted by Gasteiger charge is -2.37. The van der Waals surface area contributed by atoms with Crippen molar-refractivity contribution < 1.29 is 24.2 Å². The molecular weight excluding hydrogens is 480 g/mol. The summed E-state index contributed by atoms with van der Waals surface area (Å²) in [4.78, 5) is 27.2. The summed E-state index contributed by atoms with van der Waals surface area (Å²) in [6.45, 7) is 5.86. The Morgan fingerprint density at radius 3 is 2.34 bits per heavy atom. The number of hydrogen-bond donors (Lipinski definition) is 2. The number of ether oxygens (including phenoxy) is 2. The highest BCUT2D eigenvalue weighted by Crippen LogP contribution is 2.57. The van der Waals surface area contributed by atoms with Crippen LogP contribution in [0.5, 0.6) is 11.5 Å². The van der Waals surface area contributed by atoms with E-state index in [1.807, 2.05) is 66.7 Å². The van der Waals surface area contributed by atoms with E-state index in [0.717, 1.165) is 30.2 Å². The largest absolute Gasteiger partial charge is 0.478 e. The van der Waals surface area contributed by atoms with Crippen LogP contribution in [0.4, 0.5) is 17.1 Å². The molecule has 4 aromatic carbocycles. The Labute approximate surface area is 220 Å². The minimum absolute atomic E-state index is 0.0293. The number of carbonyl (C=O) groups is 2. The number of carboxylic acid groups (broad SMARTS) is 1. The van der Waals surface area contributed by atoms with Crippen LogP contribution in [0.2, 0.25) is 0 Å². The first-order valence-corrected chi connectivity index (χ1v) is 12.6. The molecule has 1 atom stereocenters. The van der Waals surface area contributed by atoms with E-state index in [-0.39, 0.29) is 11.1 Å². The summed E-state index contributed by atoms with van der Waals surface area (Å²) < 4.78 is 12.7. The topological polar surface area (TPSA) is 88.1 Å². The number of esters is 1. The number of carbonyl (C=O) groups excluding carboxylic acids is 1. The van der Waals surface area contributed by atoms with Crippen molar-refractivity contribution in [1.82, 2.24) is 0 Å². The van der Waals surface area contributed by atoms with Crippen LogP contribution in [0.15, 0.2) is 84.9 Å². The van der Waals surface area contributed by atoms with Gasteiger partial charge < -0.3 is 24.8 Å². The molecule has 0 saturated carbocycles. The van der Waals surface area contributed by atoms with Gasteiger partial charge in [-0.05, 0) is 68.4 Å². The molecule has 0 aliphatic carbocycles. The van der Waals surface area contributed by atoms with Crippen molar-refractivity contribution in [1.29, 1.82) is 0 Å². The number of nitrogens with one attached hydrogen (secondary N) is 1. The number of benzene rings is 4. The van der Waals surface area contributed by atoms with Gasteiger partial charge in [-0.1, -0.05) is 24.3 Å². The fourth-order valence-corrected chi connectivity index (χ4v) is 5.40. The SMILES string of the molecule is CCN(CC)c1ccc2c(c1)Oc1ccc(Nc3ccccc3)cc1[C@]21OC(=O)c2cc(C(=O)O)ccc21. The second kappa shape index (κ2) is 8.95. The van der Waals surface area contributed by atoms with E-state index in [4.69, 9.17) is 9.47 Å². The van der Waals surface area contributed by atoms with Crippen LogP contribution in [-0.4, -0.2) is 30.1 Å². The third-order valence-electron chi connectivity index (χ3n) is 7.23. The van der Waals surface area contributed by atoms with Crippen LogP contribution in [-0.2, 0) is 10.3 Å². The standard InChI is InChI=1S/C31H26N2O5/c1-3-33(4-2)22-12-14-25-28(18-22)37-27-15-11-21(32-20-8-6-5-7-9-20)17-26(27)31(25)24-13-10-19(29(34)35)16-23(24)30(36)38-31/h5-18,32H,3-4H2,1-2H3,(H,34,35)/t31-/m1/s1. The molecule has 0 unspecified atom stereocenters. The number of fused-ring (bicyclic) bond motifs is 6. The number of rotatable bonds is 6. The number of para-hydroxylation sites is 1. The molecule has 2 aliphatic rings. The molecule has 7 heteroatoms. The Morgan fingerprint density at radius 1 is 0.842 bits per heavy atom. The molecule has 0 bridgehead atoms. The smallest absolute Gasteiger partial charge is 0.340 e. The van der Waals surface area contributed by atoms with Gasteiger partial charge in [-0.25, -0.2) is 9.59 Å². The van der Waals surface area contributed by atoms with Gasteiger partial charge in [-0.3, -0.25) is 0 Å². The van der Waals surface area contributed by atoms with Gasteiger partial charge in [0.15, 0.2) is 5.60 Å². The van der Waals surface area contributed by atoms with Crippen LogP contribution < -0.4 is 15.0 Å². The molecule has 1 spiro atoms. The predicted molar refractivity (Wildman–Crippen MR) is 145 cm³/mol. The number of carboxylic acids is 1. The Balaban J connectivity index is 1.57. The van der Waals surface area contributed by atoms with E-state index >= 15 is 0 Å². The second-order valence-corrected chi connectivity index (χ2v) is 9.29. The molecular formula is C31H26N2O5. The van der Waals surface area contributed by atoms with Gasteiger partial charge in [0.2, 0.25) is 0 Å². The molecule has 2 heterocycles. The zero-order valence-electron chi connectivity index (χ0n) is 21.0. The molecule has 2 N–H and O–H groups in total. The highest BCUT2D eigenvalue weighted by atomic mass is 16.6. The molecule has 0 saturated heterocycles. The van der Waals surface area contributed by atoms with Crippen molar-refractivity contribution in [2.45, 2.75) is 19.4 Å². The van der Waals surface area contributed by atoms with Crippen LogP contribution in [0.25, 0.3) is 0 Å². The van der Waals surface area contributed by atoms with E-state index < -0.39 is 17.5 Å². The van der Waals surface area contributed by atoms with Gasteiger partial charge in [0.25, 0.3) is 0 Å². The summed E-state index contributed by atoms with van der Waals surface area (Å²) in [6.07, 6.45) is 0. The van der Waals surface area contributed by atoms with E-state index in [0.29, 0.717) is 28.2 Å². The fraction of sp³-hybridized carbons (Fsp3) is 0.161. The van der Waals surface area contributed by atoms with Gasteiger partial charge in [0.1, 0.15) is 11.5 Å². The molecule has 0 aromatic heterocycles. The Morgan fingerprint density at radius 2 is 1.61 bits per heavy atom. The summed E-state index contributed by atoms with van der Waals surface area (Å²) in [5.41, 5.74) is 3.63. The lowest BCUT2D eigenvalue weighted by Crippen LogP contribution is -2.33. The highest BCUT2D eigenvalue weighted by molar-refractivity contribution is 6.00. The van der Waals surface area contributed by atoms with Crippen LogP contribution in [0.1, 0.15) is 51.3 Å². The maximum absolute atomic E-state index is 13.3. The molecule has 6 rings (SSSR count). The van der Waals surface area contributed by atoms with Crippen molar-refractivity contribution in [3.63, 3.8) is 0 Å². The third kappa shape index (κ3) is 3.58. The summed E-state index contributed by atoms with van der Waals surface area (Å²) in [6, 6.07) is 26.0. The lowest BCUT2D eigenvalue weighted by molar-refractivity contribution is 0.0224. The van der Waals surface area contributed by atoms with Crippen LogP contribution in [0.3, 0.4) is 0 Å². The lowest BCUT2D eigenvalue weighted by atomic mass is 9.77. The minimum atomic E-state index is -1.29. The first-order valence-electron chi connectivity index (χ1n) is 12.6. The average Bonchev–Trinajstić information content (AvgIpc) is 3.22. The van der Waals surface area contributed by atoms with Crippen molar-refractivity contribution in [2.75, 3.05) is 23.3 Å². The van der Waals surface area contributed by atoms with Crippen molar-refractivity contribution in [3.8, 4) is 11.5 Å². The van der Waals surface area contributed by atoms with E-state index in [9.17, 15) is 14.7 Å². The predicted octanol–water partition coefficient (Wildman–Crippen LogP) is 6.54. The molecule has 0 radical (unpaired) electrons. The molecule has 0 fully saturated rings. The van der Waals surface area contributed by atoms with E-state index in [2.05, 4.69) is 24.1 Å². The van der Waals surface area contributed by atoms with Crippen LogP contribution in [0, 0.1) is 0 Å². The van der Waals surface area contributed by atoms with Gasteiger partial charge in [-0.15, -0.1) is 0 Å². The molecule has 190 valence electrons. The third-order valence-corrected chi connectivity index (χ3v) is 7.23. The zero-order valence-corrected chi connectivity index (χ0v) is 21.0.